The number of benzene rings is 1. The van der Waals surface area contributed by atoms with Gasteiger partial charge in [-0.25, -0.2) is 8.42 Å². The summed E-state index contributed by atoms with van der Waals surface area (Å²) in [6, 6.07) is 6.20. The normalized spacial score (nSPS) is 16.7. The second-order valence-corrected chi connectivity index (χ2v) is 6.88. The van der Waals surface area contributed by atoms with Crippen LogP contribution in [-0.2, 0) is 10.0 Å². The molecule has 1 fully saturated rings. The maximum Gasteiger partial charge on any atom is 0.253 e. The highest BCUT2D eigenvalue weighted by atomic mass is 32.2. The van der Waals surface area contributed by atoms with Gasteiger partial charge < -0.3 is 10.6 Å². The van der Waals surface area contributed by atoms with Crippen LogP contribution in [0.2, 0.25) is 0 Å². The van der Waals surface area contributed by atoms with Crippen molar-refractivity contribution in [3.63, 3.8) is 0 Å². The Kier molecular flexibility index (Phi) is 4.29. The first-order valence-corrected chi connectivity index (χ1v) is 8.28. The lowest BCUT2D eigenvalue weighted by molar-refractivity contribution is 0.0698. The second-order valence-electron chi connectivity index (χ2n) is 4.90. The Labute approximate surface area is 123 Å². The molecule has 0 aliphatic carbocycles. The topological polar surface area (TPSA) is 101 Å². The molecule has 1 aliphatic heterocycles. The first-order valence-electron chi connectivity index (χ1n) is 6.43. The predicted molar refractivity (Wildman–Crippen MR) is 77.3 cm³/mol. The second kappa shape index (κ2) is 5.82. The minimum Gasteiger partial charge on any atom is -0.366 e. The molecule has 2 amide bonds. The third kappa shape index (κ3) is 3.59. The molecule has 7 nitrogen and oxygen atoms in total. The molecule has 0 aromatic heterocycles. The van der Waals surface area contributed by atoms with E-state index < -0.39 is 15.9 Å². The average Bonchev–Trinajstić information content (AvgIpc) is 2.46. The zero-order valence-corrected chi connectivity index (χ0v) is 12.5. The fraction of sp³-hybridized carbons (Fsp3) is 0.385. The molecule has 0 unspecified atom stereocenters. The molecule has 1 aromatic rings. The number of sulfonamides is 1. The molecule has 2 rings (SSSR count). The number of carbonyl (C=O) groups excluding carboxylic acids is 2. The van der Waals surface area contributed by atoms with Gasteiger partial charge in [-0.05, 0) is 18.2 Å². The van der Waals surface area contributed by atoms with Crippen molar-refractivity contribution >= 4 is 21.8 Å². The van der Waals surface area contributed by atoms with Gasteiger partial charge in [0.1, 0.15) is 0 Å². The van der Waals surface area contributed by atoms with Gasteiger partial charge in [0.15, 0.2) is 0 Å². The number of rotatable bonds is 3. The van der Waals surface area contributed by atoms with Gasteiger partial charge in [0.2, 0.25) is 15.9 Å². The fourth-order valence-corrected chi connectivity index (χ4v) is 3.04. The SMILES string of the molecule is CS(=O)(=O)N1CCN(C(=O)c2cccc(C(N)=O)c2)CC1. The van der Waals surface area contributed by atoms with Crippen LogP contribution in [0, 0.1) is 0 Å². The van der Waals surface area contributed by atoms with E-state index in [9.17, 15) is 18.0 Å². The molecule has 0 atom stereocenters. The van der Waals surface area contributed by atoms with Gasteiger partial charge in [-0.1, -0.05) is 6.07 Å². The van der Waals surface area contributed by atoms with E-state index in [0.717, 1.165) is 6.26 Å². The van der Waals surface area contributed by atoms with E-state index >= 15 is 0 Å². The molecular formula is C13H17N3O4S. The number of amides is 2. The molecule has 21 heavy (non-hydrogen) atoms. The van der Waals surface area contributed by atoms with Crippen LogP contribution in [0.5, 0.6) is 0 Å². The largest absolute Gasteiger partial charge is 0.366 e. The quantitative estimate of drug-likeness (QED) is 0.813. The highest BCUT2D eigenvalue weighted by Crippen LogP contribution is 2.12. The summed E-state index contributed by atoms with van der Waals surface area (Å²) >= 11 is 0. The molecule has 1 aromatic carbocycles. The van der Waals surface area contributed by atoms with Crippen molar-refractivity contribution in [3.05, 3.63) is 35.4 Å². The summed E-state index contributed by atoms with van der Waals surface area (Å²) in [7, 11) is -3.22. The van der Waals surface area contributed by atoms with Crippen LogP contribution in [0.15, 0.2) is 24.3 Å². The van der Waals surface area contributed by atoms with E-state index in [1.807, 2.05) is 0 Å². The number of carbonyl (C=O) groups is 2. The molecule has 114 valence electrons. The Balaban J connectivity index is 2.09. The van der Waals surface area contributed by atoms with Gasteiger partial charge in [-0.2, -0.15) is 4.31 Å². The molecule has 0 bridgehead atoms. The fourth-order valence-electron chi connectivity index (χ4n) is 2.21. The van der Waals surface area contributed by atoms with Crippen molar-refractivity contribution < 1.29 is 18.0 Å². The van der Waals surface area contributed by atoms with Crippen LogP contribution < -0.4 is 5.73 Å². The van der Waals surface area contributed by atoms with Crippen LogP contribution >= 0.6 is 0 Å². The van der Waals surface area contributed by atoms with Crippen molar-refractivity contribution in [1.29, 1.82) is 0 Å². The highest BCUT2D eigenvalue weighted by molar-refractivity contribution is 7.88. The Morgan fingerprint density at radius 2 is 1.67 bits per heavy atom. The van der Waals surface area contributed by atoms with Crippen LogP contribution in [0.25, 0.3) is 0 Å². The minimum absolute atomic E-state index is 0.230. The van der Waals surface area contributed by atoms with Crippen molar-refractivity contribution in [3.8, 4) is 0 Å². The summed E-state index contributed by atoms with van der Waals surface area (Å²) in [6.07, 6.45) is 1.15. The zero-order chi connectivity index (χ0) is 15.6. The smallest absolute Gasteiger partial charge is 0.253 e. The molecule has 0 saturated carbocycles. The molecule has 0 spiro atoms. The number of piperazine rings is 1. The van der Waals surface area contributed by atoms with Gasteiger partial charge in [-0.15, -0.1) is 0 Å². The minimum atomic E-state index is -3.22. The summed E-state index contributed by atoms with van der Waals surface area (Å²) in [5.41, 5.74) is 5.84. The van der Waals surface area contributed by atoms with Gasteiger partial charge in [0, 0.05) is 37.3 Å². The summed E-state index contributed by atoms with van der Waals surface area (Å²) in [4.78, 5) is 25.0. The molecule has 2 N–H and O–H groups in total. The first kappa shape index (κ1) is 15.5. The Morgan fingerprint density at radius 3 is 2.19 bits per heavy atom. The van der Waals surface area contributed by atoms with Gasteiger partial charge in [0.25, 0.3) is 5.91 Å². The zero-order valence-electron chi connectivity index (χ0n) is 11.7. The number of nitrogens with zero attached hydrogens (tertiary/aromatic N) is 2. The van der Waals surface area contributed by atoms with E-state index in [1.54, 1.807) is 23.1 Å². The number of hydrogen-bond acceptors (Lipinski definition) is 4. The molecular weight excluding hydrogens is 294 g/mol. The molecule has 8 heteroatoms. The average molecular weight is 311 g/mol. The highest BCUT2D eigenvalue weighted by Gasteiger charge is 2.26. The molecule has 1 aliphatic rings. The van der Waals surface area contributed by atoms with Crippen LogP contribution in [0.4, 0.5) is 0 Å². The Bertz CT molecular complexity index is 664. The van der Waals surface area contributed by atoms with E-state index in [4.69, 9.17) is 5.73 Å². The predicted octanol–water partition coefficient (Wildman–Crippen LogP) is -0.497. The standard InChI is InChI=1S/C13H17N3O4S/c1-21(19,20)16-7-5-15(6-8-16)13(18)11-4-2-3-10(9-11)12(14)17/h2-4,9H,5-8H2,1H3,(H2,14,17). The van der Waals surface area contributed by atoms with Crippen LogP contribution in [0.3, 0.4) is 0 Å². The van der Waals surface area contributed by atoms with Gasteiger partial charge in [0.05, 0.1) is 6.26 Å². The Hall–Kier alpha value is -1.93. The van der Waals surface area contributed by atoms with E-state index in [1.165, 1.54) is 10.4 Å². The lowest BCUT2D eigenvalue weighted by Crippen LogP contribution is -2.50. The lowest BCUT2D eigenvalue weighted by Gasteiger charge is -2.33. The first-order chi connectivity index (χ1) is 9.79. The third-order valence-corrected chi connectivity index (χ3v) is 4.69. The molecule has 0 radical (unpaired) electrons. The Morgan fingerprint density at radius 1 is 1.10 bits per heavy atom. The number of nitrogens with two attached hydrogens (primary N) is 1. The number of hydrogen-bond donors (Lipinski definition) is 1. The summed E-state index contributed by atoms with van der Waals surface area (Å²) in [6.45, 7) is 1.21. The van der Waals surface area contributed by atoms with Crippen LogP contribution in [-0.4, -0.2) is 61.9 Å². The maximum atomic E-state index is 12.3. The van der Waals surface area contributed by atoms with E-state index in [0.29, 0.717) is 18.7 Å². The number of primary amides is 1. The van der Waals surface area contributed by atoms with Gasteiger partial charge >= 0.3 is 0 Å². The van der Waals surface area contributed by atoms with E-state index in [2.05, 4.69) is 0 Å². The van der Waals surface area contributed by atoms with Crippen molar-refractivity contribution in [1.82, 2.24) is 9.21 Å². The van der Waals surface area contributed by atoms with Crippen molar-refractivity contribution in [2.45, 2.75) is 0 Å². The monoisotopic (exact) mass is 311 g/mol. The summed E-state index contributed by atoms with van der Waals surface area (Å²) < 4.78 is 24.2. The van der Waals surface area contributed by atoms with Crippen LogP contribution in [0.1, 0.15) is 20.7 Å². The van der Waals surface area contributed by atoms with E-state index in [-0.39, 0.29) is 24.6 Å². The summed E-state index contributed by atoms with van der Waals surface area (Å²) in [5.74, 6) is -0.821. The maximum absolute atomic E-state index is 12.3. The van der Waals surface area contributed by atoms with Crippen molar-refractivity contribution in [2.75, 3.05) is 32.4 Å². The van der Waals surface area contributed by atoms with Crippen molar-refractivity contribution in [2.24, 2.45) is 5.73 Å². The third-order valence-electron chi connectivity index (χ3n) is 3.39. The van der Waals surface area contributed by atoms with Gasteiger partial charge in [-0.3, -0.25) is 9.59 Å². The summed E-state index contributed by atoms with van der Waals surface area (Å²) in [5, 5.41) is 0. The lowest BCUT2D eigenvalue weighted by atomic mass is 10.1. The molecule has 1 saturated heterocycles. The molecule has 1 heterocycles.